The Morgan fingerprint density at radius 3 is 2.38 bits per heavy atom. The molecule has 0 aliphatic rings. The number of rotatable bonds is 4. The summed E-state index contributed by atoms with van der Waals surface area (Å²) in [6.45, 7) is 1.29. The summed E-state index contributed by atoms with van der Waals surface area (Å²) >= 11 is 0.839. The van der Waals surface area contributed by atoms with E-state index < -0.39 is 18.8 Å². The molecule has 0 aliphatic heterocycles. The molecule has 0 radical (unpaired) electrons. The fourth-order valence-electron chi connectivity index (χ4n) is 0.684. The Kier molecular flexibility index (Phi) is 5.36. The zero-order valence-corrected chi connectivity index (χ0v) is 7.84. The minimum atomic E-state index is -4.46. The second kappa shape index (κ2) is 5.47. The molecule has 0 spiro atoms. The molecule has 0 amide bonds. The van der Waals surface area contributed by atoms with Gasteiger partial charge in [-0.1, -0.05) is 11.8 Å². The van der Waals surface area contributed by atoms with Crippen LogP contribution in [0, 0.1) is 0 Å². The highest BCUT2D eigenvalue weighted by Gasteiger charge is 2.31. The Labute approximate surface area is 77.9 Å². The lowest BCUT2D eigenvalue weighted by Gasteiger charge is -2.09. The van der Waals surface area contributed by atoms with Gasteiger partial charge in [-0.05, 0) is 6.42 Å². The lowest BCUT2D eigenvalue weighted by atomic mass is 10.2. The molecule has 6 heteroatoms. The van der Waals surface area contributed by atoms with Crippen molar-refractivity contribution < 1.29 is 22.4 Å². The first-order chi connectivity index (χ1) is 5.81. The van der Waals surface area contributed by atoms with E-state index >= 15 is 0 Å². The van der Waals surface area contributed by atoms with Crippen molar-refractivity contribution in [2.45, 2.75) is 32.1 Å². The van der Waals surface area contributed by atoms with Gasteiger partial charge in [-0.25, -0.2) is 4.39 Å². The van der Waals surface area contributed by atoms with Crippen molar-refractivity contribution in [1.29, 1.82) is 0 Å². The van der Waals surface area contributed by atoms with Crippen LogP contribution in [0.15, 0.2) is 0 Å². The Hall–Kier alpha value is -0.260. The van der Waals surface area contributed by atoms with E-state index in [1.165, 1.54) is 6.92 Å². The number of carbonyl (C=O) groups is 1. The number of carbonyl (C=O) groups excluding carboxylic acids is 1. The maximum absolute atomic E-state index is 12.5. The van der Waals surface area contributed by atoms with Gasteiger partial charge in [0, 0.05) is 12.7 Å². The van der Waals surface area contributed by atoms with E-state index in [2.05, 4.69) is 0 Å². The second-order valence-electron chi connectivity index (χ2n) is 2.55. The van der Waals surface area contributed by atoms with Crippen molar-refractivity contribution in [1.82, 2.24) is 0 Å². The van der Waals surface area contributed by atoms with Gasteiger partial charge in [-0.3, -0.25) is 4.79 Å². The molecule has 0 bridgehead atoms. The van der Waals surface area contributed by atoms with Crippen LogP contribution in [-0.4, -0.2) is 23.2 Å². The summed E-state index contributed by atoms with van der Waals surface area (Å²) < 4.78 is 47.2. The van der Waals surface area contributed by atoms with Crippen LogP contribution < -0.4 is 0 Å². The molecule has 0 aromatic heterocycles. The quantitative estimate of drug-likeness (QED) is 0.675. The summed E-state index contributed by atoms with van der Waals surface area (Å²) in [6, 6.07) is 0. The molecule has 0 fully saturated rings. The van der Waals surface area contributed by atoms with Gasteiger partial charge in [-0.15, -0.1) is 0 Å². The molecule has 0 heterocycles. The van der Waals surface area contributed by atoms with Crippen molar-refractivity contribution in [2.24, 2.45) is 0 Å². The van der Waals surface area contributed by atoms with Crippen molar-refractivity contribution >= 4 is 16.9 Å². The van der Waals surface area contributed by atoms with Gasteiger partial charge < -0.3 is 0 Å². The zero-order valence-electron chi connectivity index (χ0n) is 7.03. The number of hydrogen-bond donors (Lipinski definition) is 0. The summed E-state index contributed by atoms with van der Waals surface area (Å²) in [6.07, 6.45) is -8.01. The lowest BCUT2D eigenvalue weighted by Crippen LogP contribution is -2.16. The zero-order chi connectivity index (χ0) is 10.5. The smallest absolute Gasteiger partial charge is 0.288 e. The van der Waals surface area contributed by atoms with E-state index in [1.54, 1.807) is 0 Å². The molecular weight excluding hydrogens is 208 g/mol. The normalized spacial score (nSPS) is 14.2. The molecule has 0 aliphatic carbocycles. The minimum absolute atomic E-state index is 0.104. The van der Waals surface area contributed by atoms with Crippen molar-refractivity contribution in [3.05, 3.63) is 0 Å². The number of hydrogen-bond acceptors (Lipinski definition) is 2. The maximum atomic E-state index is 12.5. The van der Waals surface area contributed by atoms with E-state index in [0.29, 0.717) is 0 Å². The monoisotopic (exact) mass is 218 g/mol. The van der Waals surface area contributed by atoms with E-state index in [0.717, 1.165) is 11.8 Å². The first-order valence-corrected chi connectivity index (χ1v) is 4.64. The first kappa shape index (κ1) is 12.7. The molecule has 0 saturated carbocycles. The van der Waals surface area contributed by atoms with E-state index in [-0.39, 0.29) is 17.3 Å². The van der Waals surface area contributed by atoms with Crippen LogP contribution >= 0.6 is 11.8 Å². The Morgan fingerprint density at radius 1 is 1.46 bits per heavy atom. The first-order valence-electron chi connectivity index (χ1n) is 3.65. The average molecular weight is 218 g/mol. The summed E-state index contributed by atoms with van der Waals surface area (Å²) in [5, 5.41) is -0.209. The Balaban J connectivity index is 3.52. The van der Waals surface area contributed by atoms with Gasteiger partial charge in [-0.2, -0.15) is 13.2 Å². The standard InChI is InChI=1S/C7H10F4OS/c1-5(12)13-3-2-6(8)4-7(9,10)11/h6H,2-4H2,1H3. The molecule has 13 heavy (non-hydrogen) atoms. The number of alkyl halides is 4. The molecule has 0 aromatic rings. The van der Waals surface area contributed by atoms with Crippen LogP contribution in [0.5, 0.6) is 0 Å². The van der Waals surface area contributed by atoms with E-state index in [1.807, 2.05) is 0 Å². The Bertz CT molecular complexity index is 168. The Morgan fingerprint density at radius 2 is 2.00 bits per heavy atom. The fourth-order valence-corrected chi connectivity index (χ4v) is 1.34. The van der Waals surface area contributed by atoms with Crippen molar-refractivity contribution in [3.63, 3.8) is 0 Å². The summed E-state index contributed by atoms with van der Waals surface area (Å²) in [5.74, 6) is 0.104. The molecule has 0 aromatic carbocycles. The maximum Gasteiger partial charge on any atom is 0.391 e. The molecule has 78 valence electrons. The topological polar surface area (TPSA) is 17.1 Å². The minimum Gasteiger partial charge on any atom is -0.288 e. The molecule has 0 saturated heterocycles. The number of thioether (sulfide) groups is 1. The number of halogens is 4. The largest absolute Gasteiger partial charge is 0.391 e. The SMILES string of the molecule is CC(=O)SCCC(F)CC(F)(F)F. The van der Waals surface area contributed by atoms with Gasteiger partial charge in [0.05, 0.1) is 6.42 Å². The fraction of sp³-hybridized carbons (Fsp3) is 0.857. The van der Waals surface area contributed by atoms with Gasteiger partial charge in [0.15, 0.2) is 5.12 Å². The van der Waals surface area contributed by atoms with Crippen LogP contribution in [-0.2, 0) is 4.79 Å². The molecule has 0 rings (SSSR count). The van der Waals surface area contributed by atoms with Crippen LogP contribution in [0.3, 0.4) is 0 Å². The average Bonchev–Trinajstić information content (AvgIpc) is 1.81. The molecule has 1 unspecified atom stereocenters. The van der Waals surface area contributed by atoms with Gasteiger partial charge in [0.2, 0.25) is 0 Å². The highest BCUT2D eigenvalue weighted by molar-refractivity contribution is 8.13. The highest BCUT2D eigenvalue weighted by atomic mass is 32.2. The predicted octanol–water partition coefficient (Wildman–Crippen LogP) is 2.95. The lowest BCUT2D eigenvalue weighted by molar-refractivity contribution is -0.146. The summed E-state index contributed by atoms with van der Waals surface area (Å²) in [4.78, 5) is 10.3. The molecular formula is C7H10F4OS. The second-order valence-corrected chi connectivity index (χ2v) is 3.82. The third kappa shape index (κ3) is 9.66. The van der Waals surface area contributed by atoms with Crippen LogP contribution in [0.25, 0.3) is 0 Å². The van der Waals surface area contributed by atoms with Gasteiger partial charge in [0.25, 0.3) is 0 Å². The summed E-state index contributed by atoms with van der Waals surface area (Å²) in [5.41, 5.74) is 0. The van der Waals surface area contributed by atoms with Crippen molar-refractivity contribution in [3.8, 4) is 0 Å². The highest BCUT2D eigenvalue weighted by Crippen LogP contribution is 2.25. The van der Waals surface area contributed by atoms with E-state index in [9.17, 15) is 22.4 Å². The van der Waals surface area contributed by atoms with Gasteiger partial charge in [0.1, 0.15) is 6.17 Å². The van der Waals surface area contributed by atoms with Crippen LogP contribution in [0.2, 0.25) is 0 Å². The van der Waals surface area contributed by atoms with Crippen molar-refractivity contribution in [2.75, 3.05) is 5.75 Å². The molecule has 0 N–H and O–H groups in total. The predicted molar refractivity (Wildman–Crippen MR) is 43.3 cm³/mol. The van der Waals surface area contributed by atoms with Crippen LogP contribution in [0.4, 0.5) is 17.6 Å². The molecule has 1 atom stereocenters. The summed E-state index contributed by atoms with van der Waals surface area (Å²) in [7, 11) is 0. The van der Waals surface area contributed by atoms with Crippen LogP contribution in [0.1, 0.15) is 19.8 Å². The molecule has 1 nitrogen and oxygen atoms in total. The third-order valence-corrected chi connectivity index (χ3v) is 2.04. The van der Waals surface area contributed by atoms with E-state index in [4.69, 9.17) is 0 Å². The van der Waals surface area contributed by atoms with Gasteiger partial charge >= 0.3 is 6.18 Å². The third-order valence-electron chi connectivity index (χ3n) is 1.19.